The van der Waals surface area contributed by atoms with E-state index >= 15 is 0 Å². The Morgan fingerprint density at radius 1 is 1.60 bits per heavy atom. The summed E-state index contributed by atoms with van der Waals surface area (Å²) in [4.78, 5) is 0. The number of hydrogen-bond donors (Lipinski definition) is 1. The van der Waals surface area contributed by atoms with Gasteiger partial charge in [-0.05, 0) is 6.42 Å². The van der Waals surface area contributed by atoms with Crippen LogP contribution in [0.1, 0.15) is 19.8 Å². The minimum absolute atomic E-state index is 0. The third-order valence-corrected chi connectivity index (χ3v) is 1.92. The van der Waals surface area contributed by atoms with Crippen molar-refractivity contribution < 1.29 is 64.4 Å². The Morgan fingerprint density at radius 2 is 2.00 bits per heavy atom. The van der Waals surface area contributed by atoms with E-state index in [0.717, 1.165) is 0 Å². The summed E-state index contributed by atoms with van der Waals surface area (Å²) in [5.74, 6) is 0. The molecule has 0 fully saturated rings. The fourth-order valence-electron chi connectivity index (χ4n) is 0.429. The van der Waals surface area contributed by atoms with Crippen LogP contribution in [0.15, 0.2) is 0 Å². The topological polar surface area (TPSA) is 83.2 Å². The molecule has 10 heavy (non-hydrogen) atoms. The van der Waals surface area contributed by atoms with E-state index in [1.165, 1.54) is 0 Å². The van der Waals surface area contributed by atoms with Crippen LogP contribution in [0.2, 0.25) is 0 Å². The molecule has 0 amide bonds. The third kappa shape index (κ3) is 6.23. The van der Waals surface area contributed by atoms with E-state index in [0.29, 0.717) is 6.42 Å². The molecular formula is C4H10KNO3S. The minimum atomic E-state index is -4.24. The molecular weight excluding hydrogens is 181 g/mol. The molecule has 0 aliphatic heterocycles. The van der Waals surface area contributed by atoms with Crippen LogP contribution in [0.5, 0.6) is 0 Å². The summed E-state index contributed by atoms with van der Waals surface area (Å²) in [6.07, 6.45) is 0.856. The van der Waals surface area contributed by atoms with Crippen LogP contribution in [-0.4, -0.2) is 18.3 Å². The first-order valence-corrected chi connectivity index (χ1v) is 4.16. The predicted octanol–water partition coefficient (Wildman–Crippen LogP) is -3.38. The van der Waals surface area contributed by atoms with Crippen LogP contribution in [0.25, 0.3) is 0 Å². The summed E-state index contributed by atoms with van der Waals surface area (Å²) < 4.78 is 30.1. The molecule has 0 saturated heterocycles. The van der Waals surface area contributed by atoms with Crippen LogP contribution in [0, 0.1) is 0 Å². The van der Waals surface area contributed by atoms with Gasteiger partial charge in [0, 0.05) is 0 Å². The average Bonchev–Trinajstić information content (AvgIpc) is 1.64. The molecule has 1 unspecified atom stereocenters. The standard InChI is InChI=1S/C4H11NO3S.K/c1-2-3-4(5)9(6,7)8;/h4H,2-3,5H2,1H3,(H,6,7,8);/q;+1/p-1. The fraction of sp³-hybridized carbons (Fsp3) is 1.00. The van der Waals surface area contributed by atoms with E-state index in [2.05, 4.69) is 0 Å². The van der Waals surface area contributed by atoms with Crippen LogP contribution in [-0.2, 0) is 10.1 Å². The molecule has 4 nitrogen and oxygen atoms in total. The van der Waals surface area contributed by atoms with Gasteiger partial charge in [-0.2, -0.15) is 0 Å². The molecule has 0 radical (unpaired) electrons. The maximum atomic E-state index is 10.0. The van der Waals surface area contributed by atoms with E-state index in [-0.39, 0.29) is 57.8 Å². The van der Waals surface area contributed by atoms with Gasteiger partial charge in [-0.25, -0.2) is 8.42 Å². The Bertz CT molecular complexity index is 167. The number of hydrogen-bond acceptors (Lipinski definition) is 4. The first-order chi connectivity index (χ1) is 3.98. The van der Waals surface area contributed by atoms with E-state index in [9.17, 15) is 13.0 Å². The first kappa shape index (κ1) is 14.1. The molecule has 0 rings (SSSR count). The van der Waals surface area contributed by atoms with Gasteiger partial charge in [0.1, 0.15) is 10.1 Å². The Labute approximate surface area is 104 Å². The van der Waals surface area contributed by atoms with E-state index in [1.54, 1.807) is 6.92 Å². The molecule has 0 aliphatic carbocycles. The van der Waals surface area contributed by atoms with E-state index in [4.69, 9.17) is 5.73 Å². The molecule has 0 saturated carbocycles. The van der Waals surface area contributed by atoms with Gasteiger partial charge in [0.25, 0.3) is 0 Å². The van der Waals surface area contributed by atoms with Crippen LogP contribution in [0.4, 0.5) is 0 Å². The summed E-state index contributed by atoms with van der Waals surface area (Å²) in [6, 6.07) is 0. The van der Waals surface area contributed by atoms with Crippen molar-refractivity contribution in [1.82, 2.24) is 0 Å². The van der Waals surface area contributed by atoms with Crippen molar-refractivity contribution in [2.75, 3.05) is 0 Å². The summed E-state index contributed by atoms with van der Waals surface area (Å²) in [5.41, 5.74) is 4.96. The zero-order valence-electron chi connectivity index (χ0n) is 6.20. The monoisotopic (exact) mass is 191 g/mol. The predicted molar refractivity (Wildman–Crippen MR) is 32.6 cm³/mol. The van der Waals surface area contributed by atoms with E-state index < -0.39 is 15.5 Å². The smallest absolute Gasteiger partial charge is 0.747 e. The largest absolute Gasteiger partial charge is 1.00 e. The van der Waals surface area contributed by atoms with Crippen molar-refractivity contribution in [3.8, 4) is 0 Å². The third-order valence-electron chi connectivity index (χ3n) is 0.944. The van der Waals surface area contributed by atoms with Crippen molar-refractivity contribution in [1.29, 1.82) is 0 Å². The molecule has 6 heteroatoms. The number of rotatable bonds is 3. The zero-order valence-corrected chi connectivity index (χ0v) is 10.1. The minimum Gasteiger partial charge on any atom is -0.747 e. The van der Waals surface area contributed by atoms with Crippen LogP contribution >= 0.6 is 0 Å². The van der Waals surface area contributed by atoms with Gasteiger partial charge >= 0.3 is 51.4 Å². The van der Waals surface area contributed by atoms with Crippen molar-refractivity contribution in [3.63, 3.8) is 0 Å². The summed E-state index contributed by atoms with van der Waals surface area (Å²) >= 11 is 0. The van der Waals surface area contributed by atoms with Gasteiger partial charge in [0.05, 0.1) is 5.37 Å². The zero-order chi connectivity index (χ0) is 7.49. The van der Waals surface area contributed by atoms with Gasteiger partial charge in [0.2, 0.25) is 0 Å². The average molecular weight is 191 g/mol. The Hall–Kier alpha value is 1.51. The maximum absolute atomic E-state index is 10.0. The molecule has 1 atom stereocenters. The van der Waals surface area contributed by atoms with Crippen LogP contribution < -0.4 is 57.1 Å². The second-order valence-electron chi connectivity index (χ2n) is 1.82. The molecule has 0 aromatic heterocycles. The molecule has 2 N–H and O–H groups in total. The van der Waals surface area contributed by atoms with Crippen LogP contribution in [0.3, 0.4) is 0 Å². The van der Waals surface area contributed by atoms with Gasteiger partial charge < -0.3 is 10.3 Å². The normalized spacial score (nSPS) is 13.9. The molecule has 0 heterocycles. The van der Waals surface area contributed by atoms with Crippen molar-refractivity contribution >= 4 is 10.1 Å². The van der Waals surface area contributed by atoms with Gasteiger partial charge in [-0.3, -0.25) is 0 Å². The second-order valence-corrected chi connectivity index (χ2v) is 3.41. The summed E-state index contributed by atoms with van der Waals surface area (Å²) in [5, 5.41) is -1.22. The van der Waals surface area contributed by atoms with E-state index in [1.807, 2.05) is 0 Å². The van der Waals surface area contributed by atoms with Crippen molar-refractivity contribution in [3.05, 3.63) is 0 Å². The molecule has 0 aliphatic rings. The first-order valence-electron chi connectivity index (χ1n) is 2.68. The number of nitrogens with two attached hydrogens (primary N) is 1. The quantitative estimate of drug-likeness (QED) is 0.373. The van der Waals surface area contributed by atoms with Crippen molar-refractivity contribution in [2.24, 2.45) is 5.73 Å². The molecule has 0 aromatic carbocycles. The second kappa shape index (κ2) is 6.07. The Balaban J connectivity index is 0. The van der Waals surface area contributed by atoms with Gasteiger partial charge in [-0.1, -0.05) is 13.3 Å². The van der Waals surface area contributed by atoms with Gasteiger partial charge in [-0.15, -0.1) is 0 Å². The summed E-state index contributed by atoms with van der Waals surface area (Å²) in [7, 11) is -4.24. The molecule has 0 spiro atoms. The SMILES string of the molecule is CCCC(N)S(=O)(=O)[O-].[K+]. The molecule has 0 aromatic rings. The molecule has 0 bridgehead atoms. The Morgan fingerprint density at radius 3 is 2.10 bits per heavy atom. The summed E-state index contributed by atoms with van der Waals surface area (Å²) in [6.45, 7) is 1.77. The van der Waals surface area contributed by atoms with Crippen molar-refractivity contribution in [2.45, 2.75) is 25.1 Å². The van der Waals surface area contributed by atoms with Gasteiger partial charge in [0.15, 0.2) is 0 Å². The maximum Gasteiger partial charge on any atom is 1.00 e. The Kier molecular flexibility index (Phi) is 8.53. The fourth-order valence-corrected chi connectivity index (χ4v) is 0.953. The molecule has 56 valence electrons.